The molecule has 1 aromatic rings. The molecule has 1 aliphatic heterocycles. The van der Waals surface area contributed by atoms with Gasteiger partial charge in [0.15, 0.2) is 0 Å². The van der Waals surface area contributed by atoms with Gasteiger partial charge in [0.1, 0.15) is 5.82 Å². The lowest BCUT2D eigenvalue weighted by atomic mass is 10.1. The Labute approximate surface area is 82.8 Å². The number of fused-ring (bicyclic) bond motifs is 1. The molecule has 0 amide bonds. The van der Waals surface area contributed by atoms with Gasteiger partial charge in [-0.25, -0.2) is 4.39 Å². The molecule has 2 N–H and O–H groups in total. The number of hydrogen-bond donors (Lipinski definition) is 2. The van der Waals surface area contributed by atoms with Crippen molar-refractivity contribution >= 4 is 5.69 Å². The Hall–Kier alpha value is -1.09. The molecule has 76 valence electrons. The lowest BCUT2D eigenvalue weighted by Crippen LogP contribution is -2.22. The third-order valence-electron chi connectivity index (χ3n) is 2.65. The van der Waals surface area contributed by atoms with E-state index in [2.05, 4.69) is 5.32 Å². The zero-order valence-corrected chi connectivity index (χ0v) is 7.96. The van der Waals surface area contributed by atoms with Gasteiger partial charge in [0.25, 0.3) is 0 Å². The topological polar surface area (TPSA) is 32.3 Å². The van der Waals surface area contributed by atoms with Crippen LogP contribution in [0.3, 0.4) is 0 Å². The minimum atomic E-state index is -0.227. The number of rotatable bonds is 1. The molecule has 0 saturated carbocycles. The Morgan fingerprint density at radius 3 is 3.14 bits per heavy atom. The second-order valence-corrected chi connectivity index (χ2v) is 3.72. The van der Waals surface area contributed by atoms with Crippen molar-refractivity contribution in [1.82, 2.24) is 0 Å². The van der Waals surface area contributed by atoms with E-state index in [0.717, 1.165) is 30.5 Å². The largest absolute Gasteiger partial charge is 0.394 e. The van der Waals surface area contributed by atoms with Crippen LogP contribution in [-0.4, -0.2) is 17.8 Å². The summed E-state index contributed by atoms with van der Waals surface area (Å²) in [6.07, 6.45) is 2.93. The molecule has 0 bridgehead atoms. The highest BCUT2D eigenvalue weighted by Gasteiger charge is 2.14. The van der Waals surface area contributed by atoms with E-state index >= 15 is 0 Å². The summed E-state index contributed by atoms with van der Waals surface area (Å²) in [5.74, 6) is -0.227. The summed E-state index contributed by atoms with van der Waals surface area (Å²) in [4.78, 5) is 0. The lowest BCUT2D eigenvalue weighted by molar-refractivity contribution is 0.268. The average Bonchev–Trinajstić information content (AvgIpc) is 2.38. The van der Waals surface area contributed by atoms with E-state index in [1.165, 1.54) is 12.1 Å². The van der Waals surface area contributed by atoms with E-state index < -0.39 is 0 Å². The number of nitrogens with one attached hydrogen (secondary N) is 1. The van der Waals surface area contributed by atoms with Crippen molar-refractivity contribution in [3.05, 3.63) is 29.6 Å². The third kappa shape index (κ3) is 1.87. The first-order valence-corrected chi connectivity index (χ1v) is 4.95. The first-order valence-electron chi connectivity index (χ1n) is 4.95. The first-order chi connectivity index (χ1) is 6.79. The molecule has 0 aromatic heterocycles. The van der Waals surface area contributed by atoms with Gasteiger partial charge in [-0.2, -0.15) is 0 Å². The van der Waals surface area contributed by atoms with Gasteiger partial charge in [0.2, 0.25) is 0 Å². The zero-order valence-electron chi connectivity index (χ0n) is 7.96. The maximum absolute atomic E-state index is 13.0. The molecule has 1 aromatic carbocycles. The average molecular weight is 195 g/mol. The summed E-state index contributed by atoms with van der Waals surface area (Å²) < 4.78 is 13.0. The summed E-state index contributed by atoms with van der Waals surface area (Å²) in [7, 11) is 0. The van der Waals surface area contributed by atoms with Gasteiger partial charge in [0.05, 0.1) is 6.61 Å². The van der Waals surface area contributed by atoms with Crippen LogP contribution in [-0.2, 0) is 6.42 Å². The van der Waals surface area contributed by atoms with Crippen LogP contribution in [0.5, 0.6) is 0 Å². The Kier molecular flexibility index (Phi) is 2.68. The highest BCUT2D eigenvalue weighted by atomic mass is 19.1. The van der Waals surface area contributed by atoms with Gasteiger partial charge >= 0.3 is 0 Å². The van der Waals surface area contributed by atoms with Crippen LogP contribution < -0.4 is 5.32 Å². The van der Waals surface area contributed by atoms with Gasteiger partial charge in [0, 0.05) is 11.7 Å². The van der Waals surface area contributed by atoms with Crippen molar-refractivity contribution in [3.63, 3.8) is 0 Å². The highest BCUT2D eigenvalue weighted by molar-refractivity contribution is 5.53. The Balaban J connectivity index is 2.28. The fraction of sp³-hybridized carbons (Fsp3) is 0.455. The second-order valence-electron chi connectivity index (χ2n) is 3.72. The predicted octanol–water partition coefficient (Wildman–Crippen LogP) is 1.93. The minimum Gasteiger partial charge on any atom is -0.394 e. The number of anilines is 1. The number of aliphatic hydroxyl groups excluding tert-OH is 1. The quantitative estimate of drug-likeness (QED) is 0.717. The SMILES string of the molecule is OCC1CCCc2ccc(F)cc2N1. The van der Waals surface area contributed by atoms with E-state index in [4.69, 9.17) is 5.11 Å². The van der Waals surface area contributed by atoms with E-state index in [1.807, 2.05) is 6.07 Å². The summed E-state index contributed by atoms with van der Waals surface area (Å²) in [5, 5.41) is 12.2. The van der Waals surface area contributed by atoms with E-state index in [0.29, 0.717) is 0 Å². The van der Waals surface area contributed by atoms with Crippen LogP contribution in [0.15, 0.2) is 18.2 Å². The molecule has 14 heavy (non-hydrogen) atoms. The van der Waals surface area contributed by atoms with Crippen molar-refractivity contribution in [2.24, 2.45) is 0 Å². The predicted molar refractivity (Wildman–Crippen MR) is 53.8 cm³/mol. The maximum Gasteiger partial charge on any atom is 0.125 e. The third-order valence-corrected chi connectivity index (χ3v) is 2.65. The molecule has 2 nitrogen and oxygen atoms in total. The van der Waals surface area contributed by atoms with Crippen molar-refractivity contribution in [2.45, 2.75) is 25.3 Å². The van der Waals surface area contributed by atoms with Crippen LogP contribution in [0, 0.1) is 5.82 Å². The molecule has 3 heteroatoms. The van der Waals surface area contributed by atoms with Crippen LogP contribution in [0.25, 0.3) is 0 Å². The Bertz CT molecular complexity index is 327. The van der Waals surface area contributed by atoms with Crippen LogP contribution >= 0.6 is 0 Å². The standard InChI is InChI=1S/C11H14FNO/c12-9-5-4-8-2-1-3-10(7-14)13-11(8)6-9/h4-6,10,13-14H,1-3,7H2. The molecule has 2 rings (SSSR count). The van der Waals surface area contributed by atoms with Crippen molar-refractivity contribution in [3.8, 4) is 0 Å². The fourth-order valence-electron chi connectivity index (χ4n) is 1.87. The van der Waals surface area contributed by atoms with Gasteiger partial charge in [-0.3, -0.25) is 0 Å². The van der Waals surface area contributed by atoms with E-state index in [9.17, 15) is 4.39 Å². The van der Waals surface area contributed by atoms with Gasteiger partial charge in [-0.15, -0.1) is 0 Å². The van der Waals surface area contributed by atoms with Crippen LogP contribution in [0.1, 0.15) is 18.4 Å². The molecule has 1 aliphatic rings. The van der Waals surface area contributed by atoms with E-state index in [-0.39, 0.29) is 18.5 Å². The van der Waals surface area contributed by atoms with Gasteiger partial charge in [-0.1, -0.05) is 6.07 Å². The number of aryl methyl sites for hydroxylation is 1. The molecule has 1 unspecified atom stereocenters. The molecular formula is C11H14FNO. The molecule has 0 spiro atoms. The summed E-state index contributed by atoms with van der Waals surface area (Å²) in [6, 6.07) is 4.87. The summed E-state index contributed by atoms with van der Waals surface area (Å²) >= 11 is 0. The number of halogens is 1. The maximum atomic E-state index is 13.0. The van der Waals surface area contributed by atoms with Gasteiger partial charge in [-0.05, 0) is 37.0 Å². The fourth-order valence-corrected chi connectivity index (χ4v) is 1.87. The normalized spacial score (nSPS) is 20.9. The molecular weight excluding hydrogens is 181 g/mol. The highest BCUT2D eigenvalue weighted by Crippen LogP contribution is 2.24. The Morgan fingerprint density at radius 1 is 1.50 bits per heavy atom. The molecule has 1 atom stereocenters. The second kappa shape index (κ2) is 3.96. The molecule has 0 saturated heterocycles. The first kappa shape index (κ1) is 9.46. The molecule has 0 fully saturated rings. The minimum absolute atomic E-state index is 0.0676. The van der Waals surface area contributed by atoms with E-state index in [1.54, 1.807) is 0 Å². The van der Waals surface area contributed by atoms with Gasteiger partial charge < -0.3 is 10.4 Å². The smallest absolute Gasteiger partial charge is 0.125 e. The monoisotopic (exact) mass is 195 g/mol. The van der Waals surface area contributed by atoms with Crippen LogP contribution in [0.2, 0.25) is 0 Å². The summed E-state index contributed by atoms with van der Waals surface area (Å²) in [5.41, 5.74) is 1.98. The summed E-state index contributed by atoms with van der Waals surface area (Å²) in [6.45, 7) is 0.107. The molecule has 0 radical (unpaired) electrons. The van der Waals surface area contributed by atoms with Crippen molar-refractivity contribution < 1.29 is 9.50 Å². The Morgan fingerprint density at radius 2 is 2.36 bits per heavy atom. The molecule has 1 heterocycles. The number of hydrogen-bond acceptors (Lipinski definition) is 2. The van der Waals surface area contributed by atoms with Crippen molar-refractivity contribution in [2.75, 3.05) is 11.9 Å². The van der Waals surface area contributed by atoms with Crippen molar-refractivity contribution in [1.29, 1.82) is 0 Å². The number of aliphatic hydroxyl groups is 1. The number of benzene rings is 1. The zero-order chi connectivity index (χ0) is 9.97. The van der Waals surface area contributed by atoms with Crippen LogP contribution in [0.4, 0.5) is 10.1 Å². The lowest BCUT2D eigenvalue weighted by Gasteiger charge is -2.15. The molecule has 0 aliphatic carbocycles.